The van der Waals surface area contributed by atoms with Crippen LogP contribution in [-0.2, 0) is 5.41 Å². The van der Waals surface area contributed by atoms with E-state index in [1.165, 1.54) is 36.1 Å². The van der Waals surface area contributed by atoms with Gasteiger partial charge in [0.15, 0.2) is 0 Å². The number of likely N-dealkylation sites (tertiary alicyclic amines) is 1. The number of hydrogen-bond donors (Lipinski definition) is 1. The summed E-state index contributed by atoms with van der Waals surface area (Å²) >= 11 is 0. The molecule has 5 heteroatoms. The molecule has 4 nitrogen and oxygen atoms in total. The smallest absolute Gasteiger partial charge is 0.272 e. The fourth-order valence-corrected chi connectivity index (χ4v) is 5.69. The van der Waals surface area contributed by atoms with Gasteiger partial charge >= 0.3 is 0 Å². The molecule has 1 amide bonds. The number of aliphatic hydroxyl groups excluding tert-OH is 1. The second-order valence-corrected chi connectivity index (χ2v) is 9.50. The van der Waals surface area contributed by atoms with Crippen molar-refractivity contribution < 1.29 is 14.3 Å². The molecule has 3 aliphatic rings. The minimum absolute atomic E-state index is 0.181. The van der Waals surface area contributed by atoms with Gasteiger partial charge in [0.2, 0.25) is 0 Å². The molecular weight excluding hydrogens is 403 g/mol. The molecule has 1 unspecified atom stereocenters. The predicted molar refractivity (Wildman–Crippen MR) is 120 cm³/mol. The summed E-state index contributed by atoms with van der Waals surface area (Å²) in [5.41, 5.74) is 5.98. The van der Waals surface area contributed by atoms with Gasteiger partial charge in [0.05, 0.1) is 12.3 Å². The van der Waals surface area contributed by atoms with E-state index in [9.17, 15) is 14.3 Å². The topological polar surface area (TPSA) is 53.4 Å². The SMILES string of the molecule is O=C(c1ccc(F)cn1)N1CCC2(C[C@H](O)c3cc(-c4ccccc4C4CC4)ccc32)C1. The minimum atomic E-state index is -0.531. The molecule has 2 heterocycles. The summed E-state index contributed by atoms with van der Waals surface area (Å²) in [4.78, 5) is 18.7. The number of amides is 1. The van der Waals surface area contributed by atoms with Crippen molar-refractivity contribution in [1.82, 2.24) is 9.88 Å². The van der Waals surface area contributed by atoms with Gasteiger partial charge in [-0.25, -0.2) is 9.37 Å². The van der Waals surface area contributed by atoms with E-state index < -0.39 is 11.9 Å². The average molecular weight is 429 g/mol. The van der Waals surface area contributed by atoms with Gasteiger partial charge in [-0.15, -0.1) is 0 Å². The van der Waals surface area contributed by atoms with E-state index >= 15 is 0 Å². The summed E-state index contributed by atoms with van der Waals surface area (Å²) in [6.07, 6.45) is 4.48. The lowest BCUT2D eigenvalue weighted by molar-refractivity contribution is 0.0770. The Morgan fingerprint density at radius 3 is 2.72 bits per heavy atom. The number of carbonyl (C=O) groups excluding carboxylic acids is 1. The highest BCUT2D eigenvalue weighted by Gasteiger charge is 2.48. The summed E-state index contributed by atoms with van der Waals surface area (Å²) < 4.78 is 13.2. The minimum Gasteiger partial charge on any atom is -0.388 e. The van der Waals surface area contributed by atoms with Crippen molar-refractivity contribution >= 4 is 5.91 Å². The van der Waals surface area contributed by atoms with Crippen molar-refractivity contribution in [2.24, 2.45) is 0 Å². The molecule has 2 aromatic carbocycles. The Kier molecular flexibility index (Phi) is 4.44. The molecule has 162 valence electrons. The molecule has 1 saturated carbocycles. The van der Waals surface area contributed by atoms with Gasteiger partial charge in [-0.2, -0.15) is 0 Å². The lowest BCUT2D eigenvalue weighted by Crippen LogP contribution is -2.33. The second-order valence-electron chi connectivity index (χ2n) is 9.50. The second kappa shape index (κ2) is 7.24. The Labute approximate surface area is 186 Å². The molecule has 2 atom stereocenters. The Balaban J connectivity index is 1.30. The molecule has 1 spiro atoms. The third kappa shape index (κ3) is 3.15. The number of aliphatic hydroxyl groups is 1. The van der Waals surface area contributed by atoms with Crippen molar-refractivity contribution in [3.8, 4) is 11.1 Å². The highest BCUT2D eigenvalue weighted by molar-refractivity contribution is 5.92. The fourth-order valence-electron chi connectivity index (χ4n) is 5.69. The van der Waals surface area contributed by atoms with Crippen molar-refractivity contribution in [3.05, 3.63) is 89.0 Å². The van der Waals surface area contributed by atoms with Gasteiger partial charge in [-0.05, 0) is 77.6 Å². The zero-order chi connectivity index (χ0) is 21.9. The van der Waals surface area contributed by atoms with Crippen LogP contribution in [0.4, 0.5) is 4.39 Å². The molecule has 1 aliphatic heterocycles. The molecule has 2 fully saturated rings. The van der Waals surface area contributed by atoms with Crippen molar-refractivity contribution in [1.29, 1.82) is 0 Å². The van der Waals surface area contributed by atoms with Gasteiger partial charge in [0.1, 0.15) is 11.5 Å². The van der Waals surface area contributed by atoms with Crippen LogP contribution in [0.3, 0.4) is 0 Å². The highest BCUT2D eigenvalue weighted by Crippen LogP contribution is 2.52. The van der Waals surface area contributed by atoms with Crippen LogP contribution in [-0.4, -0.2) is 34.0 Å². The van der Waals surface area contributed by atoms with Crippen LogP contribution >= 0.6 is 0 Å². The van der Waals surface area contributed by atoms with Gasteiger partial charge in [0, 0.05) is 18.5 Å². The van der Waals surface area contributed by atoms with Gasteiger partial charge in [0.25, 0.3) is 5.91 Å². The summed E-state index contributed by atoms with van der Waals surface area (Å²) in [6.45, 7) is 1.16. The first-order valence-electron chi connectivity index (χ1n) is 11.4. The summed E-state index contributed by atoms with van der Waals surface area (Å²) in [6, 6.07) is 17.8. The van der Waals surface area contributed by atoms with E-state index in [-0.39, 0.29) is 17.0 Å². The van der Waals surface area contributed by atoms with Crippen LogP contribution < -0.4 is 0 Å². The lowest BCUT2D eigenvalue weighted by atomic mass is 9.80. The quantitative estimate of drug-likeness (QED) is 0.640. The standard InChI is InChI=1S/C27H25FN2O2/c28-19-8-10-24(29-15-19)26(32)30-12-11-27(16-30)14-25(31)22-13-18(7-9-23(22)27)21-4-2-1-3-20(21)17-5-6-17/h1-4,7-10,13,15,17,25,31H,5-6,11-12,14,16H2/t25-,27?/m0/s1. The molecule has 0 bridgehead atoms. The van der Waals surface area contributed by atoms with Crippen LogP contribution in [0.1, 0.15) is 64.9 Å². The largest absolute Gasteiger partial charge is 0.388 e. The number of fused-ring (bicyclic) bond motifs is 2. The van der Waals surface area contributed by atoms with Crippen molar-refractivity contribution in [2.75, 3.05) is 13.1 Å². The normalized spacial score (nSPS) is 24.2. The number of pyridine rings is 1. The molecule has 2 aliphatic carbocycles. The van der Waals surface area contributed by atoms with Gasteiger partial charge < -0.3 is 10.0 Å². The fraction of sp³-hybridized carbons (Fsp3) is 0.333. The number of nitrogens with zero attached hydrogens (tertiary/aromatic N) is 2. The first-order chi connectivity index (χ1) is 15.5. The van der Waals surface area contributed by atoms with Gasteiger partial charge in [-0.1, -0.05) is 36.4 Å². The maximum atomic E-state index is 13.2. The van der Waals surface area contributed by atoms with Crippen molar-refractivity contribution in [3.63, 3.8) is 0 Å². The van der Waals surface area contributed by atoms with Crippen LogP contribution in [0.15, 0.2) is 60.8 Å². The molecule has 32 heavy (non-hydrogen) atoms. The summed E-state index contributed by atoms with van der Waals surface area (Å²) in [5, 5.41) is 11.0. The zero-order valence-electron chi connectivity index (χ0n) is 17.8. The summed E-state index contributed by atoms with van der Waals surface area (Å²) in [5.74, 6) is 0.0244. The monoisotopic (exact) mass is 428 g/mol. The van der Waals surface area contributed by atoms with Crippen LogP contribution in [0, 0.1) is 5.82 Å². The van der Waals surface area contributed by atoms with Crippen molar-refractivity contribution in [2.45, 2.75) is 43.1 Å². The van der Waals surface area contributed by atoms with E-state index in [1.54, 1.807) is 4.90 Å². The number of rotatable bonds is 3. The maximum Gasteiger partial charge on any atom is 0.272 e. The summed E-state index contributed by atoms with van der Waals surface area (Å²) in [7, 11) is 0. The molecule has 6 rings (SSSR count). The molecule has 1 saturated heterocycles. The van der Waals surface area contributed by atoms with E-state index in [0.29, 0.717) is 25.4 Å². The lowest BCUT2D eigenvalue weighted by Gasteiger charge is -2.25. The molecule has 1 N–H and O–H groups in total. The molecule has 3 aromatic rings. The number of benzene rings is 2. The van der Waals surface area contributed by atoms with E-state index in [0.717, 1.165) is 29.3 Å². The number of carbonyl (C=O) groups is 1. The van der Waals surface area contributed by atoms with Crippen LogP contribution in [0.25, 0.3) is 11.1 Å². The molecule has 0 radical (unpaired) electrons. The van der Waals surface area contributed by atoms with E-state index in [4.69, 9.17) is 0 Å². The van der Waals surface area contributed by atoms with Crippen LogP contribution in [0.5, 0.6) is 0 Å². The zero-order valence-corrected chi connectivity index (χ0v) is 17.8. The van der Waals surface area contributed by atoms with E-state index in [1.807, 2.05) is 0 Å². The van der Waals surface area contributed by atoms with Crippen LogP contribution in [0.2, 0.25) is 0 Å². The third-order valence-electron chi connectivity index (χ3n) is 7.44. The van der Waals surface area contributed by atoms with Gasteiger partial charge in [-0.3, -0.25) is 4.79 Å². The Morgan fingerprint density at radius 2 is 1.94 bits per heavy atom. The number of hydrogen-bond acceptors (Lipinski definition) is 3. The Hall–Kier alpha value is -3.05. The van der Waals surface area contributed by atoms with E-state index in [2.05, 4.69) is 47.4 Å². The Bertz CT molecular complexity index is 1200. The maximum absolute atomic E-state index is 13.2. The first kappa shape index (κ1) is 19.6. The Morgan fingerprint density at radius 1 is 1.09 bits per heavy atom. The molecular formula is C27H25FN2O2. The molecule has 1 aromatic heterocycles. The highest BCUT2D eigenvalue weighted by atomic mass is 19.1. The third-order valence-corrected chi connectivity index (χ3v) is 7.44. The number of halogens is 1. The average Bonchev–Trinajstić information content (AvgIpc) is 3.53. The number of aromatic nitrogens is 1. The predicted octanol–water partition coefficient (Wildman–Crippen LogP) is 4.99. The first-order valence-corrected chi connectivity index (χ1v) is 11.4.